The van der Waals surface area contributed by atoms with Crippen LogP contribution in [0.3, 0.4) is 0 Å². The first-order valence-corrected chi connectivity index (χ1v) is 11.1. The fourth-order valence-electron chi connectivity index (χ4n) is 4.39. The van der Waals surface area contributed by atoms with E-state index in [0.717, 1.165) is 40.7 Å². The fraction of sp³-hybridized carbons (Fsp3) is 0.400. The van der Waals surface area contributed by atoms with Crippen molar-refractivity contribution in [1.82, 2.24) is 15.5 Å². The van der Waals surface area contributed by atoms with Gasteiger partial charge in [0.05, 0.1) is 7.11 Å². The van der Waals surface area contributed by atoms with Crippen LogP contribution >= 0.6 is 0 Å². The van der Waals surface area contributed by atoms with Crippen LogP contribution in [-0.2, 0) is 15.1 Å². The summed E-state index contributed by atoms with van der Waals surface area (Å²) in [5, 5.41) is 7.51. The van der Waals surface area contributed by atoms with Crippen LogP contribution in [0, 0.1) is 0 Å². The van der Waals surface area contributed by atoms with Gasteiger partial charge < -0.3 is 15.4 Å². The molecule has 1 saturated heterocycles. The Labute approximate surface area is 187 Å². The van der Waals surface area contributed by atoms with E-state index in [0.29, 0.717) is 12.1 Å². The quantitative estimate of drug-likeness (QED) is 0.514. The fourth-order valence-corrected chi connectivity index (χ4v) is 4.39. The maximum Gasteiger partial charge on any atom is 0.325 e. The number of urea groups is 1. The van der Waals surface area contributed by atoms with Crippen molar-refractivity contribution in [2.45, 2.75) is 44.6 Å². The summed E-state index contributed by atoms with van der Waals surface area (Å²) in [4.78, 5) is 39.1. The van der Waals surface area contributed by atoms with Crippen LogP contribution in [0.5, 0.6) is 5.75 Å². The van der Waals surface area contributed by atoms with E-state index in [4.69, 9.17) is 4.74 Å². The molecule has 0 bridgehead atoms. The number of methoxy groups -OCH3 is 1. The van der Waals surface area contributed by atoms with Crippen molar-refractivity contribution in [3.05, 3.63) is 53.6 Å². The smallest absolute Gasteiger partial charge is 0.325 e. The van der Waals surface area contributed by atoms with Crippen molar-refractivity contribution in [1.29, 1.82) is 0 Å². The standard InChI is InChI=1S/C25H29N3O4/c1-25(20-10-8-19-15-21(32-2)11-9-18(19)14-20)23(30)28(24(31)27-25)16-22(29)26-13-12-17-6-4-3-5-7-17/h6,8-11,14-15H,3-5,7,12-13,16H2,1-2H3,(H,26,29)(H,27,31)/t25-/m1/s1. The summed E-state index contributed by atoms with van der Waals surface area (Å²) in [5.41, 5.74) is 0.812. The van der Waals surface area contributed by atoms with Gasteiger partial charge in [-0.05, 0) is 73.6 Å². The van der Waals surface area contributed by atoms with Crippen LogP contribution in [0.15, 0.2) is 48.0 Å². The third-order valence-electron chi connectivity index (χ3n) is 6.35. The van der Waals surface area contributed by atoms with Gasteiger partial charge >= 0.3 is 6.03 Å². The van der Waals surface area contributed by atoms with Crippen LogP contribution in [-0.4, -0.2) is 42.9 Å². The predicted molar refractivity (Wildman–Crippen MR) is 122 cm³/mol. The lowest BCUT2D eigenvalue weighted by atomic mass is 9.90. The normalized spacial score (nSPS) is 20.8. The molecule has 1 fully saturated rings. The lowest BCUT2D eigenvalue weighted by molar-refractivity contribution is -0.134. The van der Waals surface area contributed by atoms with E-state index < -0.39 is 17.5 Å². The third kappa shape index (κ3) is 4.33. The molecule has 2 aliphatic rings. The van der Waals surface area contributed by atoms with Crippen LogP contribution in [0.25, 0.3) is 10.8 Å². The van der Waals surface area contributed by atoms with Gasteiger partial charge in [-0.1, -0.05) is 29.8 Å². The van der Waals surface area contributed by atoms with Gasteiger partial charge in [-0.15, -0.1) is 0 Å². The Hall–Kier alpha value is -3.35. The molecule has 1 aliphatic carbocycles. The molecule has 168 valence electrons. The van der Waals surface area contributed by atoms with Gasteiger partial charge in [-0.3, -0.25) is 14.5 Å². The number of carbonyl (C=O) groups excluding carboxylic acids is 3. The lowest BCUT2D eigenvalue weighted by Gasteiger charge is -2.22. The highest BCUT2D eigenvalue weighted by Gasteiger charge is 2.49. The molecule has 0 saturated carbocycles. The van der Waals surface area contributed by atoms with Crippen molar-refractivity contribution in [3.8, 4) is 5.75 Å². The van der Waals surface area contributed by atoms with Crippen molar-refractivity contribution in [3.63, 3.8) is 0 Å². The molecule has 2 N–H and O–H groups in total. The number of nitrogens with one attached hydrogen (secondary N) is 2. The zero-order chi connectivity index (χ0) is 22.7. The molecule has 1 aliphatic heterocycles. The molecule has 0 aromatic heterocycles. The summed E-state index contributed by atoms with van der Waals surface area (Å²) in [6.07, 6.45) is 7.67. The number of imide groups is 1. The van der Waals surface area contributed by atoms with Gasteiger partial charge in [-0.25, -0.2) is 4.79 Å². The minimum atomic E-state index is -1.22. The Morgan fingerprint density at radius 3 is 2.69 bits per heavy atom. The van der Waals surface area contributed by atoms with E-state index in [-0.39, 0.29) is 12.5 Å². The average molecular weight is 436 g/mol. The number of fused-ring (bicyclic) bond motifs is 1. The van der Waals surface area contributed by atoms with Crippen LogP contribution < -0.4 is 15.4 Å². The summed E-state index contributed by atoms with van der Waals surface area (Å²) in [5.74, 6) is -0.0149. The second-order valence-corrected chi connectivity index (χ2v) is 8.58. The minimum absolute atomic E-state index is 0.288. The zero-order valence-corrected chi connectivity index (χ0v) is 18.6. The van der Waals surface area contributed by atoms with Crippen molar-refractivity contribution >= 4 is 28.6 Å². The first-order valence-electron chi connectivity index (χ1n) is 11.1. The Morgan fingerprint density at radius 1 is 1.16 bits per heavy atom. The Kier molecular flexibility index (Phi) is 6.17. The third-order valence-corrected chi connectivity index (χ3v) is 6.35. The number of rotatable bonds is 7. The summed E-state index contributed by atoms with van der Waals surface area (Å²) in [7, 11) is 1.61. The molecule has 2 aromatic rings. The summed E-state index contributed by atoms with van der Waals surface area (Å²) >= 11 is 0. The van der Waals surface area contributed by atoms with Gasteiger partial charge in [0.2, 0.25) is 5.91 Å². The Bertz CT molecular complexity index is 1090. The number of hydrogen-bond donors (Lipinski definition) is 2. The highest BCUT2D eigenvalue weighted by molar-refractivity contribution is 6.09. The van der Waals surface area contributed by atoms with Crippen LogP contribution in [0.4, 0.5) is 4.79 Å². The molecule has 4 rings (SSSR count). The maximum atomic E-state index is 13.2. The first kappa shape index (κ1) is 21.9. The molecule has 0 radical (unpaired) electrons. The topological polar surface area (TPSA) is 87.7 Å². The number of hydrogen-bond acceptors (Lipinski definition) is 4. The number of carbonyl (C=O) groups is 3. The van der Waals surface area contributed by atoms with E-state index in [1.807, 2.05) is 36.4 Å². The molecular weight excluding hydrogens is 406 g/mol. The molecule has 2 aromatic carbocycles. The predicted octanol–water partition coefficient (Wildman–Crippen LogP) is 3.62. The molecule has 0 unspecified atom stereocenters. The second kappa shape index (κ2) is 9.02. The van der Waals surface area contributed by atoms with Gasteiger partial charge in [0.1, 0.15) is 17.8 Å². The Morgan fingerprint density at radius 2 is 1.94 bits per heavy atom. The summed E-state index contributed by atoms with van der Waals surface area (Å²) in [6.45, 7) is 1.90. The van der Waals surface area contributed by atoms with Gasteiger partial charge in [0.25, 0.3) is 5.91 Å². The maximum absolute atomic E-state index is 13.2. The molecule has 0 spiro atoms. The second-order valence-electron chi connectivity index (χ2n) is 8.58. The lowest BCUT2D eigenvalue weighted by Crippen LogP contribution is -2.43. The SMILES string of the molecule is COc1ccc2cc([C@@]3(C)NC(=O)N(CC(=O)NCCC4=CCCCC4)C3=O)ccc2c1. The largest absolute Gasteiger partial charge is 0.497 e. The van der Waals surface area contributed by atoms with Gasteiger partial charge in [-0.2, -0.15) is 0 Å². The average Bonchev–Trinajstić information content (AvgIpc) is 3.02. The van der Waals surface area contributed by atoms with E-state index in [1.165, 1.54) is 18.4 Å². The molecule has 4 amide bonds. The highest BCUT2D eigenvalue weighted by Crippen LogP contribution is 2.32. The number of amides is 4. The zero-order valence-electron chi connectivity index (χ0n) is 18.6. The number of benzene rings is 2. The number of nitrogens with zero attached hydrogens (tertiary/aromatic N) is 1. The summed E-state index contributed by atoms with van der Waals surface area (Å²) in [6, 6.07) is 10.7. The molecule has 1 atom stereocenters. The molecule has 32 heavy (non-hydrogen) atoms. The van der Waals surface area contributed by atoms with Crippen molar-refractivity contribution < 1.29 is 19.1 Å². The van der Waals surface area contributed by atoms with E-state index in [9.17, 15) is 14.4 Å². The van der Waals surface area contributed by atoms with Gasteiger partial charge in [0.15, 0.2) is 0 Å². The van der Waals surface area contributed by atoms with E-state index >= 15 is 0 Å². The van der Waals surface area contributed by atoms with Crippen molar-refractivity contribution in [2.75, 3.05) is 20.2 Å². The molecule has 1 heterocycles. The number of ether oxygens (including phenoxy) is 1. The summed E-state index contributed by atoms with van der Waals surface area (Å²) < 4.78 is 5.26. The van der Waals surface area contributed by atoms with E-state index in [1.54, 1.807) is 14.0 Å². The van der Waals surface area contributed by atoms with Crippen LogP contribution in [0.2, 0.25) is 0 Å². The highest BCUT2D eigenvalue weighted by atomic mass is 16.5. The monoisotopic (exact) mass is 435 g/mol. The first-order chi connectivity index (χ1) is 15.4. The number of allylic oxidation sites excluding steroid dienone is 1. The minimum Gasteiger partial charge on any atom is -0.497 e. The Balaban J connectivity index is 1.42. The van der Waals surface area contributed by atoms with Crippen LogP contribution in [0.1, 0.15) is 44.6 Å². The molecule has 7 nitrogen and oxygen atoms in total. The van der Waals surface area contributed by atoms with Crippen molar-refractivity contribution in [2.24, 2.45) is 0 Å². The van der Waals surface area contributed by atoms with E-state index in [2.05, 4.69) is 16.7 Å². The molecule has 7 heteroatoms. The van der Waals surface area contributed by atoms with Gasteiger partial charge in [0, 0.05) is 6.54 Å². The molecular formula is C25H29N3O4.